The first kappa shape index (κ1) is 42.4. The van der Waals surface area contributed by atoms with Gasteiger partial charge >= 0.3 is 18.2 Å². The Hall–Kier alpha value is -4.96. The summed E-state index contributed by atoms with van der Waals surface area (Å²) in [6, 6.07) is 17.0. The van der Waals surface area contributed by atoms with Gasteiger partial charge in [0.05, 0.1) is 11.6 Å². The van der Waals surface area contributed by atoms with Gasteiger partial charge in [-0.15, -0.1) is 0 Å². The van der Waals surface area contributed by atoms with Gasteiger partial charge in [0.1, 0.15) is 32.0 Å². The molecule has 0 radical (unpaired) electrons. The summed E-state index contributed by atoms with van der Waals surface area (Å²) in [5, 5.41) is 6.43. The van der Waals surface area contributed by atoms with E-state index in [-0.39, 0.29) is 18.8 Å². The fraction of sp³-hybridized carbons (Fsp3) is 0.432. The Balaban J connectivity index is 1.85. The minimum Gasteiger partial charge on any atom is -0.460 e. The Morgan fingerprint density at radius 2 is 1.40 bits per heavy atom. The molecule has 3 aromatic rings. The minimum atomic E-state index is -4.82. The molecule has 0 aliphatic rings. The standard InChI is InChI=1S/C37H47F3N4O8Si/c1-24(2)30(32(37(38,39)40)52-53(6,7)36(3,4)5)42-28(45)21-44-19-18-27(33(47)41-20-29(46)50-22-25-14-10-8-11-15-25)31(34(44)48)43-35(49)51-23-26-16-12-9-13-17-26/h8-19,24,30,32H,20-23H2,1-7H3,(H,41,47)(H,42,45)(H,43,49). The molecule has 0 saturated carbocycles. The summed E-state index contributed by atoms with van der Waals surface area (Å²) < 4.78 is 60.4. The van der Waals surface area contributed by atoms with Crippen molar-refractivity contribution in [2.75, 3.05) is 11.9 Å². The molecular weight excluding hydrogens is 714 g/mol. The van der Waals surface area contributed by atoms with Crippen LogP contribution in [0.5, 0.6) is 0 Å². The number of pyridine rings is 1. The Labute approximate surface area is 307 Å². The Kier molecular flexibility index (Phi) is 14.6. The molecule has 0 bridgehead atoms. The second-order valence-electron chi connectivity index (χ2n) is 14.2. The maximum absolute atomic E-state index is 14.5. The van der Waals surface area contributed by atoms with E-state index in [1.807, 2.05) is 0 Å². The van der Waals surface area contributed by atoms with E-state index in [1.54, 1.807) is 94.5 Å². The van der Waals surface area contributed by atoms with E-state index in [9.17, 15) is 37.1 Å². The van der Waals surface area contributed by atoms with Crippen LogP contribution >= 0.6 is 0 Å². The minimum absolute atomic E-state index is 0.0441. The van der Waals surface area contributed by atoms with Gasteiger partial charge in [-0.1, -0.05) is 95.3 Å². The highest BCUT2D eigenvalue weighted by Gasteiger charge is 2.52. The molecule has 3 rings (SSSR count). The van der Waals surface area contributed by atoms with Gasteiger partial charge in [-0.05, 0) is 41.2 Å². The summed E-state index contributed by atoms with van der Waals surface area (Å²) in [5.74, 6) is -3.40. The molecule has 0 saturated heterocycles. The van der Waals surface area contributed by atoms with E-state index in [2.05, 4.69) is 16.0 Å². The van der Waals surface area contributed by atoms with Crippen molar-refractivity contribution in [3.63, 3.8) is 0 Å². The fourth-order valence-corrected chi connectivity index (χ4v) is 5.99. The fourth-order valence-electron chi connectivity index (χ4n) is 4.72. The summed E-state index contributed by atoms with van der Waals surface area (Å²) in [4.78, 5) is 65.4. The summed E-state index contributed by atoms with van der Waals surface area (Å²) in [5.41, 5.74) is -0.659. The van der Waals surface area contributed by atoms with Crippen molar-refractivity contribution in [2.24, 2.45) is 5.92 Å². The highest BCUT2D eigenvalue weighted by molar-refractivity contribution is 6.74. The first-order valence-electron chi connectivity index (χ1n) is 16.9. The van der Waals surface area contributed by atoms with Gasteiger partial charge in [-0.25, -0.2) is 4.79 Å². The van der Waals surface area contributed by atoms with E-state index in [1.165, 1.54) is 13.8 Å². The van der Waals surface area contributed by atoms with Crippen molar-refractivity contribution in [3.05, 3.63) is 100.0 Å². The molecule has 0 fully saturated rings. The molecule has 0 aliphatic heterocycles. The number of carbonyl (C=O) groups excluding carboxylic acids is 4. The van der Waals surface area contributed by atoms with Crippen LogP contribution in [0.15, 0.2) is 77.7 Å². The molecule has 3 N–H and O–H groups in total. The average Bonchev–Trinajstić information content (AvgIpc) is 3.08. The monoisotopic (exact) mass is 760 g/mol. The third-order valence-corrected chi connectivity index (χ3v) is 13.2. The normalized spacial score (nSPS) is 13.1. The lowest BCUT2D eigenvalue weighted by atomic mass is 9.98. The van der Waals surface area contributed by atoms with Gasteiger partial charge in [-0.2, -0.15) is 13.2 Å². The van der Waals surface area contributed by atoms with E-state index in [4.69, 9.17) is 13.9 Å². The maximum atomic E-state index is 14.5. The molecule has 2 aromatic carbocycles. The van der Waals surface area contributed by atoms with Gasteiger partial charge in [0.2, 0.25) is 5.91 Å². The zero-order valence-corrected chi connectivity index (χ0v) is 31.8. The quantitative estimate of drug-likeness (QED) is 0.123. The third kappa shape index (κ3) is 12.6. The van der Waals surface area contributed by atoms with Gasteiger partial charge in [0, 0.05) is 6.20 Å². The zero-order chi connectivity index (χ0) is 39.6. The first-order valence-corrected chi connectivity index (χ1v) is 19.8. The van der Waals surface area contributed by atoms with Crippen LogP contribution in [0.25, 0.3) is 0 Å². The van der Waals surface area contributed by atoms with Crippen molar-refractivity contribution in [2.45, 2.75) is 90.8 Å². The summed E-state index contributed by atoms with van der Waals surface area (Å²) in [6.45, 7) is 10.2. The lowest BCUT2D eigenvalue weighted by Gasteiger charge is -2.42. The van der Waals surface area contributed by atoms with E-state index < -0.39 is 85.8 Å². The summed E-state index contributed by atoms with van der Waals surface area (Å²) in [7, 11) is -2.97. The molecular formula is C37H47F3N4O8Si. The smallest absolute Gasteiger partial charge is 0.415 e. The molecule has 16 heteroatoms. The van der Waals surface area contributed by atoms with Gasteiger partial charge in [0.15, 0.2) is 14.4 Å². The highest BCUT2D eigenvalue weighted by atomic mass is 28.4. The zero-order valence-electron chi connectivity index (χ0n) is 30.8. The number of nitrogens with one attached hydrogen (secondary N) is 3. The van der Waals surface area contributed by atoms with Gasteiger partial charge in [-0.3, -0.25) is 24.5 Å². The van der Waals surface area contributed by atoms with Crippen molar-refractivity contribution in [1.82, 2.24) is 15.2 Å². The number of hydrogen-bond acceptors (Lipinski definition) is 8. The Morgan fingerprint density at radius 1 is 0.849 bits per heavy atom. The molecule has 0 spiro atoms. The lowest BCUT2D eigenvalue weighted by Crippen LogP contribution is -2.59. The van der Waals surface area contributed by atoms with Crippen molar-refractivity contribution >= 4 is 37.9 Å². The molecule has 12 nitrogen and oxygen atoms in total. The van der Waals surface area contributed by atoms with Gasteiger partial charge < -0.3 is 29.1 Å². The third-order valence-electron chi connectivity index (χ3n) is 8.72. The lowest BCUT2D eigenvalue weighted by molar-refractivity contribution is -0.210. The van der Waals surface area contributed by atoms with Crippen LogP contribution in [-0.4, -0.2) is 61.6 Å². The molecule has 0 aliphatic carbocycles. The number of benzene rings is 2. The number of rotatable bonds is 15. The second-order valence-corrected chi connectivity index (χ2v) is 19.0. The number of esters is 1. The van der Waals surface area contributed by atoms with E-state index in [0.29, 0.717) is 5.56 Å². The summed E-state index contributed by atoms with van der Waals surface area (Å²) in [6.07, 6.45) is -7.19. The van der Waals surface area contributed by atoms with Crippen LogP contribution in [0.4, 0.5) is 23.7 Å². The predicted octanol–water partition coefficient (Wildman–Crippen LogP) is 6.16. The Bertz CT molecular complexity index is 1780. The van der Waals surface area contributed by atoms with E-state index in [0.717, 1.165) is 22.4 Å². The molecule has 1 heterocycles. The van der Waals surface area contributed by atoms with Crippen LogP contribution in [0.1, 0.15) is 56.1 Å². The number of hydrogen-bond donors (Lipinski definition) is 3. The van der Waals surface area contributed by atoms with Crippen molar-refractivity contribution in [3.8, 4) is 0 Å². The highest BCUT2D eigenvalue weighted by Crippen LogP contribution is 2.41. The van der Waals surface area contributed by atoms with Crippen LogP contribution in [-0.2, 0) is 43.2 Å². The number of aromatic nitrogens is 1. The number of halogens is 3. The largest absolute Gasteiger partial charge is 0.460 e. The van der Waals surface area contributed by atoms with Crippen LogP contribution < -0.4 is 21.5 Å². The SMILES string of the molecule is CC(C)C(NC(=O)Cn1ccc(C(=O)NCC(=O)OCc2ccccc2)c(NC(=O)OCc2ccccc2)c1=O)C(O[Si](C)(C)C(C)(C)C)C(F)(F)F. The van der Waals surface area contributed by atoms with Crippen LogP contribution in [0.3, 0.4) is 0 Å². The van der Waals surface area contributed by atoms with Crippen molar-refractivity contribution < 1.29 is 46.2 Å². The van der Waals surface area contributed by atoms with Crippen LogP contribution in [0, 0.1) is 5.92 Å². The molecule has 3 amide bonds. The number of amides is 3. The van der Waals surface area contributed by atoms with Crippen LogP contribution in [0.2, 0.25) is 18.1 Å². The first-order chi connectivity index (χ1) is 24.7. The number of alkyl halides is 3. The molecule has 2 unspecified atom stereocenters. The van der Waals surface area contributed by atoms with E-state index >= 15 is 0 Å². The predicted molar refractivity (Wildman–Crippen MR) is 194 cm³/mol. The Morgan fingerprint density at radius 3 is 1.91 bits per heavy atom. The maximum Gasteiger partial charge on any atom is 0.415 e. The molecule has 2 atom stereocenters. The summed E-state index contributed by atoms with van der Waals surface area (Å²) >= 11 is 0. The van der Waals surface area contributed by atoms with Gasteiger partial charge in [0.25, 0.3) is 11.5 Å². The second kappa shape index (κ2) is 18.2. The topological polar surface area (TPSA) is 154 Å². The molecule has 1 aromatic heterocycles. The molecule has 288 valence electrons. The van der Waals surface area contributed by atoms with Crippen molar-refractivity contribution in [1.29, 1.82) is 0 Å². The number of anilines is 1. The number of carbonyl (C=O) groups is 4. The molecule has 53 heavy (non-hydrogen) atoms. The average molecular weight is 761 g/mol. The number of nitrogens with zero attached hydrogens (tertiary/aromatic N) is 1. The number of ether oxygens (including phenoxy) is 2.